The summed E-state index contributed by atoms with van der Waals surface area (Å²) in [6.07, 6.45) is 5.58. The Balaban J connectivity index is 1.58. The predicted octanol–water partition coefficient (Wildman–Crippen LogP) is 4.04. The van der Waals surface area contributed by atoms with Crippen LogP contribution in [0.1, 0.15) is 41.3 Å². The fraction of sp³-hybridized carbons (Fsp3) is 0.391. The first-order valence-corrected chi connectivity index (χ1v) is 10.9. The lowest BCUT2D eigenvalue weighted by molar-refractivity contribution is -0.145. The molecular formula is C23H26N2O2S. The lowest BCUT2D eigenvalue weighted by Gasteiger charge is -2.38. The number of amides is 2. The highest BCUT2D eigenvalue weighted by molar-refractivity contribution is 7.10. The fourth-order valence-corrected chi connectivity index (χ4v) is 5.04. The van der Waals surface area contributed by atoms with Gasteiger partial charge in [0.15, 0.2) is 0 Å². The van der Waals surface area contributed by atoms with Crippen molar-refractivity contribution in [1.82, 2.24) is 9.80 Å². The summed E-state index contributed by atoms with van der Waals surface area (Å²) in [5.74, 6) is 0.201. The van der Waals surface area contributed by atoms with Gasteiger partial charge in [-0.2, -0.15) is 0 Å². The molecule has 0 bridgehead atoms. The van der Waals surface area contributed by atoms with Gasteiger partial charge in [0.25, 0.3) is 0 Å². The quantitative estimate of drug-likeness (QED) is 0.694. The molecule has 1 unspecified atom stereocenters. The molecule has 1 fully saturated rings. The summed E-state index contributed by atoms with van der Waals surface area (Å²) >= 11 is 1.76. The summed E-state index contributed by atoms with van der Waals surface area (Å²) < 4.78 is 0. The third-order valence-corrected chi connectivity index (χ3v) is 6.84. The molecule has 1 aliphatic heterocycles. The van der Waals surface area contributed by atoms with E-state index in [1.807, 2.05) is 23.1 Å². The van der Waals surface area contributed by atoms with E-state index in [4.69, 9.17) is 0 Å². The van der Waals surface area contributed by atoms with Crippen LogP contribution in [0.25, 0.3) is 0 Å². The summed E-state index contributed by atoms with van der Waals surface area (Å²) in [5.41, 5.74) is 2.34. The Morgan fingerprint density at radius 3 is 2.68 bits per heavy atom. The van der Waals surface area contributed by atoms with Crippen molar-refractivity contribution in [3.63, 3.8) is 0 Å². The van der Waals surface area contributed by atoms with Crippen LogP contribution in [0.5, 0.6) is 0 Å². The minimum Gasteiger partial charge on any atom is -0.330 e. The second kappa shape index (κ2) is 8.31. The lowest BCUT2D eigenvalue weighted by atomic mass is 9.84. The van der Waals surface area contributed by atoms with Gasteiger partial charge in [0.05, 0.1) is 6.04 Å². The molecule has 0 radical (unpaired) electrons. The minimum atomic E-state index is -0.0758. The smallest absolute Gasteiger partial charge is 0.243 e. The molecule has 2 heterocycles. The monoisotopic (exact) mass is 394 g/mol. The van der Waals surface area contributed by atoms with Gasteiger partial charge in [0, 0.05) is 23.9 Å². The van der Waals surface area contributed by atoms with Crippen LogP contribution in [-0.4, -0.2) is 41.2 Å². The molecule has 2 aliphatic rings. The maximum absolute atomic E-state index is 13.3. The summed E-state index contributed by atoms with van der Waals surface area (Å²) in [6.45, 7) is 5.01. The van der Waals surface area contributed by atoms with Gasteiger partial charge in [-0.15, -0.1) is 17.9 Å². The summed E-state index contributed by atoms with van der Waals surface area (Å²) in [7, 11) is 0. The molecule has 146 valence electrons. The van der Waals surface area contributed by atoms with Crippen molar-refractivity contribution >= 4 is 23.2 Å². The molecule has 2 amide bonds. The number of rotatable bonds is 6. The zero-order valence-electron chi connectivity index (χ0n) is 16.0. The van der Waals surface area contributed by atoms with Gasteiger partial charge >= 0.3 is 0 Å². The van der Waals surface area contributed by atoms with Gasteiger partial charge in [0.2, 0.25) is 11.8 Å². The highest BCUT2D eigenvalue weighted by Crippen LogP contribution is 2.38. The van der Waals surface area contributed by atoms with Crippen LogP contribution in [-0.2, 0) is 16.0 Å². The zero-order valence-corrected chi connectivity index (χ0v) is 16.9. The van der Waals surface area contributed by atoms with Crippen molar-refractivity contribution in [2.24, 2.45) is 5.92 Å². The molecule has 4 nitrogen and oxygen atoms in total. The Morgan fingerprint density at radius 1 is 1.21 bits per heavy atom. The number of carbonyl (C=O) groups excluding carboxylic acids is 2. The van der Waals surface area contributed by atoms with E-state index in [0.29, 0.717) is 13.1 Å². The van der Waals surface area contributed by atoms with Crippen molar-refractivity contribution in [2.45, 2.75) is 31.7 Å². The molecule has 0 N–H and O–H groups in total. The molecule has 1 saturated carbocycles. The van der Waals surface area contributed by atoms with E-state index < -0.39 is 0 Å². The summed E-state index contributed by atoms with van der Waals surface area (Å²) in [5, 5.41) is 2.11. The van der Waals surface area contributed by atoms with Gasteiger partial charge in [-0.25, -0.2) is 0 Å². The zero-order chi connectivity index (χ0) is 19.5. The first-order valence-electron chi connectivity index (χ1n) is 9.99. The normalized spacial score (nSPS) is 18.9. The number of hydrogen-bond acceptors (Lipinski definition) is 3. The highest BCUT2D eigenvalue weighted by atomic mass is 32.1. The van der Waals surface area contributed by atoms with Crippen LogP contribution in [0, 0.1) is 5.92 Å². The third kappa shape index (κ3) is 3.63. The molecule has 4 rings (SSSR count). The van der Waals surface area contributed by atoms with E-state index in [1.165, 1.54) is 10.4 Å². The average Bonchev–Trinajstić information content (AvgIpc) is 3.14. The first-order chi connectivity index (χ1) is 13.7. The molecule has 0 spiro atoms. The third-order valence-electron chi connectivity index (χ3n) is 5.84. The molecule has 2 aromatic rings. The standard InChI is InChI=1S/C23H26N2O2S/c1-2-13-24(23(27)18-9-6-10-18)16-21(26)25-14-11-20-19(12-15-28-20)22(25)17-7-4-3-5-8-17/h2-5,7-8,12,15,18,22H,1,6,9-11,13-14,16H2. The van der Waals surface area contributed by atoms with Gasteiger partial charge in [-0.05, 0) is 41.8 Å². The lowest BCUT2D eigenvalue weighted by Crippen LogP contribution is -2.48. The minimum absolute atomic E-state index is 0.0141. The van der Waals surface area contributed by atoms with E-state index >= 15 is 0 Å². The van der Waals surface area contributed by atoms with E-state index in [9.17, 15) is 9.59 Å². The Labute approximate surface area is 170 Å². The number of carbonyl (C=O) groups is 2. The Hall–Kier alpha value is -2.40. The van der Waals surface area contributed by atoms with Gasteiger partial charge in [0.1, 0.15) is 6.54 Å². The van der Waals surface area contributed by atoms with Crippen LogP contribution >= 0.6 is 11.3 Å². The fourth-order valence-electron chi connectivity index (χ4n) is 4.14. The number of fused-ring (bicyclic) bond motifs is 1. The van der Waals surface area contributed by atoms with Crippen LogP contribution < -0.4 is 0 Å². The summed E-state index contributed by atoms with van der Waals surface area (Å²) in [6, 6.07) is 12.3. The van der Waals surface area contributed by atoms with Gasteiger partial charge in [-0.3, -0.25) is 9.59 Å². The largest absolute Gasteiger partial charge is 0.330 e. The molecule has 5 heteroatoms. The second-order valence-electron chi connectivity index (χ2n) is 7.58. The molecule has 1 aliphatic carbocycles. The second-order valence-corrected chi connectivity index (χ2v) is 8.59. The van der Waals surface area contributed by atoms with E-state index in [0.717, 1.165) is 31.2 Å². The molecule has 1 aromatic heterocycles. The van der Waals surface area contributed by atoms with Crippen molar-refractivity contribution < 1.29 is 9.59 Å². The molecular weight excluding hydrogens is 368 g/mol. The molecule has 0 saturated heterocycles. The van der Waals surface area contributed by atoms with Gasteiger partial charge < -0.3 is 9.80 Å². The first kappa shape index (κ1) is 18.9. The molecule has 28 heavy (non-hydrogen) atoms. The maximum atomic E-state index is 13.3. The molecule has 1 aromatic carbocycles. The number of benzene rings is 1. The van der Waals surface area contributed by atoms with Crippen molar-refractivity contribution in [3.05, 3.63) is 70.4 Å². The maximum Gasteiger partial charge on any atom is 0.243 e. The Bertz CT molecular complexity index is 856. The van der Waals surface area contributed by atoms with E-state index in [-0.39, 0.29) is 30.3 Å². The van der Waals surface area contributed by atoms with Crippen molar-refractivity contribution in [2.75, 3.05) is 19.6 Å². The summed E-state index contributed by atoms with van der Waals surface area (Å²) in [4.78, 5) is 31.1. The van der Waals surface area contributed by atoms with E-state index in [2.05, 4.69) is 30.2 Å². The van der Waals surface area contributed by atoms with E-state index in [1.54, 1.807) is 22.3 Å². The SMILES string of the molecule is C=CCN(CC(=O)N1CCc2sccc2C1c1ccccc1)C(=O)C1CCC1. The van der Waals surface area contributed by atoms with Crippen LogP contribution in [0.15, 0.2) is 54.4 Å². The Kier molecular flexibility index (Phi) is 5.62. The van der Waals surface area contributed by atoms with Gasteiger partial charge in [-0.1, -0.05) is 42.8 Å². The average molecular weight is 395 g/mol. The number of hydrogen-bond donors (Lipinski definition) is 0. The van der Waals surface area contributed by atoms with Crippen molar-refractivity contribution in [1.29, 1.82) is 0 Å². The number of thiophene rings is 1. The van der Waals surface area contributed by atoms with Crippen LogP contribution in [0.2, 0.25) is 0 Å². The van der Waals surface area contributed by atoms with Crippen molar-refractivity contribution in [3.8, 4) is 0 Å². The van der Waals surface area contributed by atoms with Crippen LogP contribution in [0.3, 0.4) is 0 Å². The molecule has 1 atom stereocenters. The highest BCUT2D eigenvalue weighted by Gasteiger charge is 2.35. The van der Waals surface area contributed by atoms with Crippen LogP contribution in [0.4, 0.5) is 0 Å². The Morgan fingerprint density at radius 2 is 2.00 bits per heavy atom. The number of nitrogens with zero attached hydrogens (tertiary/aromatic N) is 2. The predicted molar refractivity (Wildman–Crippen MR) is 112 cm³/mol. The topological polar surface area (TPSA) is 40.6 Å².